The van der Waals surface area contributed by atoms with Crippen molar-refractivity contribution in [1.29, 1.82) is 0 Å². The van der Waals surface area contributed by atoms with Gasteiger partial charge in [0.2, 0.25) is 0 Å². The van der Waals surface area contributed by atoms with E-state index in [2.05, 4.69) is 11.9 Å². The van der Waals surface area contributed by atoms with Gasteiger partial charge in [-0.2, -0.15) is 0 Å². The second-order valence-electron chi connectivity index (χ2n) is 9.84. The number of anilines is 1. The van der Waals surface area contributed by atoms with Crippen molar-refractivity contribution in [3.8, 4) is 23.0 Å². The lowest BCUT2D eigenvalue weighted by Crippen LogP contribution is -2.29. The molecule has 2 aromatic carbocycles. The van der Waals surface area contributed by atoms with Gasteiger partial charge in [0, 0.05) is 12.5 Å². The van der Waals surface area contributed by atoms with E-state index in [0.29, 0.717) is 65.6 Å². The minimum Gasteiger partial charge on any atom is -0.507 e. The summed E-state index contributed by atoms with van der Waals surface area (Å²) in [5.74, 6) is -0.422. The number of benzene rings is 2. The topological polar surface area (TPSA) is 124 Å². The predicted octanol–water partition coefficient (Wildman–Crippen LogP) is 5.63. The van der Waals surface area contributed by atoms with Crippen molar-refractivity contribution in [3.63, 3.8) is 0 Å². The summed E-state index contributed by atoms with van der Waals surface area (Å²) in [6.07, 6.45) is 1.83. The van der Waals surface area contributed by atoms with E-state index in [1.54, 1.807) is 43.3 Å². The number of Topliss-reactive ketones (excluding diaryl/α,β-unsaturated/α-hetero) is 2. The van der Waals surface area contributed by atoms with Gasteiger partial charge in [-0.1, -0.05) is 30.7 Å². The molecule has 3 aromatic rings. The van der Waals surface area contributed by atoms with Gasteiger partial charge in [0.05, 0.1) is 35.4 Å². The number of thiazole rings is 1. The van der Waals surface area contributed by atoms with Gasteiger partial charge in [-0.05, 0) is 56.2 Å². The molecule has 11 heteroatoms. The maximum Gasteiger partial charge on any atom is 0.301 e. The molecule has 0 spiro atoms. The standard InChI is InChI=1S/C31H32N2O8S/c1-5-7-12-39-21-10-8-19(15-23(21)38-6-2)26-25(27(35)20-9-11-22-24(16-20)41-14-13-40-22)28(36)30(37)33(26)31-32-17(3)29(42-31)18(4)34/h8-11,15-16,26,35H,5-7,12-14H2,1-4H3/b27-25-. The summed E-state index contributed by atoms with van der Waals surface area (Å²) in [4.78, 5) is 45.6. The van der Waals surface area contributed by atoms with Crippen molar-refractivity contribution < 1.29 is 38.4 Å². The highest BCUT2D eigenvalue weighted by Crippen LogP contribution is 2.46. The van der Waals surface area contributed by atoms with Crippen LogP contribution in [0, 0.1) is 6.92 Å². The third-order valence-corrected chi connectivity index (χ3v) is 8.17. The molecule has 5 rings (SSSR count). The third kappa shape index (κ3) is 5.44. The summed E-state index contributed by atoms with van der Waals surface area (Å²) in [6.45, 7) is 8.62. The van der Waals surface area contributed by atoms with Gasteiger partial charge in [0.1, 0.15) is 19.0 Å². The summed E-state index contributed by atoms with van der Waals surface area (Å²) >= 11 is 1.02. The van der Waals surface area contributed by atoms with Crippen LogP contribution in [0.25, 0.3) is 5.76 Å². The van der Waals surface area contributed by atoms with E-state index in [0.717, 1.165) is 24.2 Å². The highest BCUT2D eigenvalue weighted by Gasteiger charge is 2.48. The van der Waals surface area contributed by atoms with E-state index in [1.165, 1.54) is 11.8 Å². The number of unbranched alkanes of at least 4 members (excludes halogenated alkanes) is 1. The molecule has 0 radical (unpaired) electrons. The Morgan fingerprint density at radius 3 is 2.52 bits per heavy atom. The molecule has 1 atom stereocenters. The molecule has 10 nitrogen and oxygen atoms in total. The Kier molecular flexibility index (Phi) is 8.49. The third-order valence-electron chi connectivity index (χ3n) is 6.91. The zero-order valence-electron chi connectivity index (χ0n) is 23.9. The lowest BCUT2D eigenvalue weighted by Gasteiger charge is -2.24. The number of nitrogens with zero attached hydrogens (tertiary/aromatic N) is 2. The van der Waals surface area contributed by atoms with Gasteiger partial charge in [-0.25, -0.2) is 4.98 Å². The van der Waals surface area contributed by atoms with Gasteiger partial charge in [0.25, 0.3) is 5.78 Å². The van der Waals surface area contributed by atoms with Gasteiger partial charge >= 0.3 is 5.91 Å². The molecule has 1 aromatic heterocycles. The first kappa shape index (κ1) is 29.1. The second kappa shape index (κ2) is 12.2. The first-order valence-corrected chi connectivity index (χ1v) is 14.7. The number of rotatable bonds is 10. The van der Waals surface area contributed by atoms with Gasteiger partial charge in [-0.15, -0.1) is 0 Å². The number of aliphatic hydroxyl groups excluding tert-OH is 1. The minimum atomic E-state index is -1.06. The van der Waals surface area contributed by atoms with Crippen LogP contribution in [-0.4, -0.2) is 54.0 Å². The van der Waals surface area contributed by atoms with Crippen LogP contribution in [0.4, 0.5) is 5.13 Å². The van der Waals surface area contributed by atoms with Crippen molar-refractivity contribution in [2.24, 2.45) is 0 Å². The van der Waals surface area contributed by atoms with E-state index in [1.807, 2.05) is 6.92 Å². The number of ketones is 2. The zero-order valence-corrected chi connectivity index (χ0v) is 24.7. The van der Waals surface area contributed by atoms with Crippen LogP contribution in [0.1, 0.15) is 66.1 Å². The molecule has 1 fully saturated rings. The number of carbonyl (C=O) groups excluding carboxylic acids is 3. The number of aliphatic hydroxyl groups is 1. The van der Waals surface area contributed by atoms with Gasteiger partial charge in [-0.3, -0.25) is 19.3 Å². The van der Waals surface area contributed by atoms with Crippen LogP contribution in [0.3, 0.4) is 0 Å². The molecule has 0 aliphatic carbocycles. The SMILES string of the molecule is CCCCOc1ccc(C2/C(=C(/O)c3ccc4c(c3)OCCO4)C(=O)C(=O)N2c2nc(C)c(C(C)=O)s2)cc1OCC. The van der Waals surface area contributed by atoms with Crippen molar-refractivity contribution in [3.05, 3.63) is 63.7 Å². The second-order valence-corrected chi connectivity index (χ2v) is 10.8. The monoisotopic (exact) mass is 592 g/mol. The molecular weight excluding hydrogens is 560 g/mol. The quantitative estimate of drug-likeness (QED) is 0.105. The molecule has 2 aliphatic rings. The van der Waals surface area contributed by atoms with E-state index in [9.17, 15) is 19.5 Å². The van der Waals surface area contributed by atoms with Crippen LogP contribution in [-0.2, 0) is 9.59 Å². The van der Waals surface area contributed by atoms with E-state index >= 15 is 0 Å². The van der Waals surface area contributed by atoms with Crippen LogP contribution in [0.5, 0.6) is 23.0 Å². The van der Waals surface area contributed by atoms with Crippen LogP contribution < -0.4 is 23.8 Å². The van der Waals surface area contributed by atoms with Crippen molar-refractivity contribution in [2.45, 2.75) is 46.6 Å². The molecule has 220 valence electrons. The summed E-state index contributed by atoms with van der Waals surface area (Å²) in [7, 11) is 0. The lowest BCUT2D eigenvalue weighted by molar-refractivity contribution is -0.132. The molecule has 1 saturated heterocycles. The molecule has 2 aliphatic heterocycles. The normalized spacial score (nSPS) is 17.4. The fourth-order valence-electron chi connectivity index (χ4n) is 4.91. The van der Waals surface area contributed by atoms with Crippen LogP contribution in [0.15, 0.2) is 42.0 Å². The Morgan fingerprint density at radius 2 is 1.83 bits per heavy atom. The van der Waals surface area contributed by atoms with Gasteiger partial charge in [0.15, 0.2) is 33.9 Å². The molecule has 1 N–H and O–H groups in total. The average Bonchev–Trinajstić information content (AvgIpc) is 3.49. The number of amides is 1. The summed E-state index contributed by atoms with van der Waals surface area (Å²) < 4.78 is 23.1. The molecule has 0 saturated carbocycles. The highest BCUT2D eigenvalue weighted by molar-refractivity contribution is 7.18. The first-order chi connectivity index (χ1) is 20.2. The largest absolute Gasteiger partial charge is 0.507 e. The molecular formula is C31H32N2O8S. The number of aryl methyl sites for hydroxylation is 1. The minimum absolute atomic E-state index is 0.129. The lowest BCUT2D eigenvalue weighted by atomic mass is 9.95. The Labute approximate surface area is 247 Å². The number of hydrogen-bond donors (Lipinski definition) is 1. The zero-order chi connectivity index (χ0) is 30.0. The molecule has 42 heavy (non-hydrogen) atoms. The first-order valence-electron chi connectivity index (χ1n) is 13.8. The Hall–Kier alpha value is -4.38. The fourth-order valence-corrected chi connectivity index (χ4v) is 5.90. The summed E-state index contributed by atoms with van der Waals surface area (Å²) in [5.41, 5.74) is 1.10. The fraction of sp³-hybridized carbons (Fsp3) is 0.355. The molecule has 0 bridgehead atoms. The van der Waals surface area contributed by atoms with Crippen LogP contribution in [0.2, 0.25) is 0 Å². The number of aromatic nitrogens is 1. The maximum absolute atomic E-state index is 13.6. The average molecular weight is 593 g/mol. The number of hydrogen-bond acceptors (Lipinski definition) is 10. The van der Waals surface area contributed by atoms with E-state index in [4.69, 9.17) is 18.9 Å². The maximum atomic E-state index is 13.6. The van der Waals surface area contributed by atoms with Crippen molar-refractivity contribution in [2.75, 3.05) is 31.3 Å². The Balaban J connectivity index is 1.68. The number of fused-ring (bicyclic) bond motifs is 1. The van der Waals surface area contributed by atoms with E-state index < -0.39 is 17.7 Å². The van der Waals surface area contributed by atoms with Crippen molar-refractivity contribution >= 4 is 39.7 Å². The molecule has 3 heterocycles. The van der Waals surface area contributed by atoms with Gasteiger partial charge < -0.3 is 24.1 Å². The molecule has 1 amide bonds. The number of carbonyl (C=O) groups is 3. The van der Waals surface area contributed by atoms with Crippen molar-refractivity contribution in [1.82, 2.24) is 4.98 Å². The summed E-state index contributed by atoms with van der Waals surface area (Å²) in [6, 6.07) is 8.93. The number of ether oxygens (including phenoxy) is 4. The Bertz CT molecular complexity index is 1580. The highest BCUT2D eigenvalue weighted by atomic mass is 32.1. The predicted molar refractivity (Wildman–Crippen MR) is 157 cm³/mol. The van der Waals surface area contributed by atoms with Crippen LogP contribution >= 0.6 is 11.3 Å². The smallest absolute Gasteiger partial charge is 0.301 e. The van der Waals surface area contributed by atoms with E-state index in [-0.39, 0.29) is 27.8 Å². The molecule has 1 unspecified atom stereocenters. The summed E-state index contributed by atoms with van der Waals surface area (Å²) in [5, 5.41) is 11.8. The Morgan fingerprint density at radius 1 is 1.07 bits per heavy atom.